The third-order valence-corrected chi connectivity index (χ3v) is 2.79. The van der Waals surface area contributed by atoms with Gasteiger partial charge in [0, 0.05) is 9.86 Å². The second-order valence-corrected chi connectivity index (χ2v) is 4.49. The molecule has 3 nitrogen and oxygen atoms in total. The smallest absolute Gasteiger partial charge is 0.371 e. The minimum absolute atomic E-state index is 0.0567. The number of hydrogen-bond acceptors (Lipinski definition) is 2. The maximum Gasteiger partial charge on any atom is 0.371 e. The van der Waals surface area contributed by atoms with Crippen molar-refractivity contribution in [3.8, 4) is 0 Å². The summed E-state index contributed by atoms with van der Waals surface area (Å²) in [6.45, 7) is 0. The molecule has 0 aliphatic rings. The molecule has 2 rings (SSSR count). The number of fused-ring (bicyclic) bond motifs is 1. The van der Waals surface area contributed by atoms with Gasteiger partial charge in [-0.3, -0.25) is 0 Å². The number of furan rings is 1. The van der Waals surface area contributed by atoms with Gasteiger partial charge in [0.05, 0.1) is 4.47 Å². The summed E-state index contributed by atoms with van der Waals surface area (Å²) in [5.41, 5.74) is 0.547. The summed E-state index contributed by atoms with van der Waals surface area (Å²) in [5, 5.41) is 9.48. The summed E-state index contributed by atoms with van der Waals surface area (Å²) >= 11 is 6.60. The van der Waals surface area contributed by atoms with Gasteiger partial charge in [-0.25, -0.2) is 4.79 Å². The van der Waals surface area contributed by atoms with Crippen LogP contribution in [0.3, 0.4) is 0 Å². The number of aromatic carboxylic acids is 1. The summed E-state index contributed by atoms with van der Waals surface area (Å²) in [7, 11) is 0. The Balaban J connectivity index is 2.76. The van der Waals surface area contributed by atoms with Crippen molar-refractivity contribution in [1.82, 2.24) is 0 Å². The lowest BCUT2D eigenvalue weighted by Crippen LogP contribution is -1.91. The van der Waals surface area contributed by atoms with E-state index < -0.39 is 5.97 Å². The Morgan fingerprint density at radius 1 is 1.29 bits per heavy atom. The third kappa shape index (κ3) is 1.57. The maximum atomic E-state index is 10.6. The van der Waals surface area contributed by atoms with E-state index >= 15 is 0 Å². The minimum Gasteiger partial charge on any atom is -0.475 e. The first-order chi connectivity index (χ1) is 6.58. The number of halogens is 2. The van der Waals surface area contributed by atoms with Crippen molar-refractivity contribution in [3.05, 3.63) is 32.9 Å². The molecular weight excluding hydrogens is 316 g/mol. The van der Waals surface area contributed by atoms with Gasteiger partial charge in [-0.2, -0.15) is 0 Å². The topological polar surface area (TPSA) is 50.4 Å². The lowest BCUT2D eigenvalue weighted by atomic mass is 10.2. The van der Waals surface area contributed by atoms with Crippen molar-refractivity contribution in [2.24, 2.45) is 0 Å². The first-order valence-electron chi connectivity index (χ1n) is 3.70. The van der Waals surface area contributed by atoms with Crippen LogP contribution >= 0.6 is 31.9 Å². The van der Waals surface area contributed by atoms with Crippen molar-refractivity contribution in [3.63, 3.8) is 0 Å². The number of carboxylic acids is 1. The largest absolute Gasteiger partial charge is 0.475 e. The predicted octanol–water partition coefficient (Wildman–Crippen LogP) is 3.66. The lowest BCUT2D eigenvalue weighted by molar-refractivity contribution is 0.0665. The molecule has 0 aliphatic carbocycles. The average Bonchev–Trinajstić information content (AvgIpc) is 2.47. The molecule has 0 radical (unpaired) electrons. The zero-order valence-electron chi connectivity index (χ0n) is 6.75. The zero-order valence-corrected chi connectivity index (χ0v) is 9.92. The predicted molar refractivity (Wildman–Crippen MR) is 58.6 cm³/mol. The van der Waals surface area contributed by atoms with E-state index in [1.807, 2.05) is 0 Å². The van der Waals surface area contributed by atoms with Crippen LogP contribution in [0.5, 0.6) is 0 Å². The third-order valence-electron chi connectivity index (χ3n) is 1.75. The van der Waals surface area contributed by atoms with Gasteiger partial charge in [0.15, 0.2) is 0 Å². The van der Waals surface area contributed by atoms with Crippen LogP contribution in [0.15, 0.2) is 31.6 Å². The van der Waals surface area contributed by atoms with Gasteiger partial charge < -0.3 is 9.52 Å². The fourth-order valence-corrected chi connectivity index (χ4v) is 2.52. The minimum atomic E-state index is -1.07. The van der Waals surface area contributed by atoms with Crippen LogP contribution in [0.25, 0.3) is 11.0 Å². The van der Waals surface area contributed by atoms with Crippen molar-refractivity contribution < 1.29 is 14.3 Å². The number of carbonyl (C=O) groups is 1. The molecule has 0 spiro atoms. The van der Waals surface area contributed by atoms with E-state index in [4.69, 9.17) is 9.52 Å². The normalized spacial score (nSPS) is 10.7. The second kappa shape index (κ2) is 3.40. The molecule has 1 aromatic heterocycles. The van der Waals surface area contributed by atoms with Crippen molar-refractivity contribution in [2.45, 2.75) is 0 Å². The fraction of sp³-hybridized carbons (Fsp3) is 0. The van der Waals surface area contributed by atoms with Crippen LogP contribution < -0.4 is 0 Å². The molecule has 1 N–H and O–H groups in total. The Morgan fingerprint density at radius 2 is 2.00 bits per heavy atom. The van der Waals surface area contributed by atoms with Crippen molar-refractivity contribution in [1.29, 1.82) is 0 Å². The van der Waals surface area contributed by atoms with Crippen molar-refractivity contribution in [2.75, 3.05) is 0 Å². The number of carboxylic acid groups (broad SMARTS) is 1. The molecule has 0 unspecified atom stereocenters. The molecule has 0 atom stereocenters. The number of hydrogen-bond donors (Lipinski definition) is 1. The molecule has 0 fully saturated rings. The highest BCUT2D eigenvalue weighted by atomic mass is 79.9. The lowest BCUT2D eigenvalue weighted by Gasteiger charge is -1.93. The summed E-state index contributed by atoms with van der Waals surface area (Å²) < 4.78 is 6.75. The Labute approximate surface area is 96.0 Å². The average molecular weight is 320 g/mol. The second-order valence-electron chi connectivity index (χ2n) is 2.72. The van der Waals surface area contributed by atoms with Crippen LogP contribution in [0.1, 0.15) is 10.6 Å². The molecule has 5 heteroatoms. The zero-order chi connectivity index (χ0) is 10.3. The first-order valence-corrected chi connectivity index (χ1v) is 5.28. The molecule has 1 heterocycles. The highest BCUT2D eigenvalue weighted by Gasteiger charge is 2.12. The van der Waals surface area contributed by atoms with E-state index in [1.54, 1.807) is 12.1 Å². The summed E-state index contributed by atoms with van der Waals surface area (Å²) in [4.78, 5) is 10.6. The molecule has 0 saturated carbocycles. The standard InChI is InChI=1S/C9H4Br2O3/c10-5-1-4-2-7(9(12)13)14-8(4)6(11)3-5/h1-3H,(H,12,13). The maximum absolute atomic E-state index is 10.6. The van der Waals surface area contributed by atoms with Crippen LogP contribution in [-0.4, -0.2) is 11.1 Å². The molecule has 72 valence electrons. The van der Waals surface area contributed by atoms with Crippen molar-refractivity contribution >= 4 is 48.8 Å². The number of benzene rings is 1. The van der Waals surface area contributed by atoms with Gasteiger partial charge >= 0.3 is 5.97 Å². The highest BCUT2D eigenvalue weighted by molar-refractivity contribution is 9.11. The SMILES string of the molecule is O=C(O)c1cc2cc(Br)cc(Br)c2o1. The summed E-state index contributed by atoms with van der Waals surface area (Å²) in [6, 6.07) is 5.10. The molecule has 1 aromatic carbocycles. The van der Waals surface area contributed by atoms with Gasteiger partial charge in [-0.1, -0.05) is 15.9 Å². The summed E-state index contributed by atoms with van der Waals surface area (Å²) in [6.07, 6.45) is 0. The Kier molecular flexibility index (Phi) is 2.36. The molecule has 0 amide bonds. The van der Waals surface area contributed by atoms with Gasteiger partial charge in [-0.05, 0) is 34.1 Å². The fourth-order valence-electron chi connectivity index (χ4n) is 1.18. The van der Waals surface area contributed by atoms with E-state index in [0.717, 1.165) is 14.3 Å². The van der Waals surface area contributed by atoms with Crippen LogP contribution in [0.4, 0.5) is 0 Å². The van der Waals surface area contributed by atoms with E-state index in [9.17, 15) is 4.79 Å². The highest BCUT2D eigenvalue weighted by Crippen LogP contribution is 2.30. The van der Waals surface area contributed by atoms with E-state index in [0.29, 0.717) is 5.58 Å². The van der Waals surface area contributed by atoms with Gasteiger partial charge in [-0.15, -0.1) is 0 Å². The van der Waals surface area contributed by atoms with Gasteiger partial charge in [0.25, 0.3) is 0 Å². The van der Waals surface area contributed by atoms with Crippen LogP contribution in [0.2, 0.25) is 0 Å². The van der Waals surface area contributed by atoms with Crippen LogP contribution in [-0.2, 0) is 0 Å². The van der Waals surface area contributed by atoms with E-state index in [-0.39, 0.29) is 5.76 Å². The molecule has 14 heavy (non-hydrogen) atoms. The summed E-state index contributed by atoms with van der Waals surface area (Å²) in [5.74, 6) is -1.12. The Hall–Kier alpha value is -0.810. The molecule has 0 bridgehead atoms. The molecular formula is C9H4Br2O3. The first kappa shape index (κ1) is 9.73. The van der Waals surface area contributed by atoms with E-state index in [2.05, 4.69) is 31.9 Å². The monoisotopic (exact) mass is 318 g/mol. The Morgan fingerprint density at radius 3 is 2.64 bits per heavy atom. The Bertz CT molecular complexity index is 516. The molecule has 0 saturated heterocycles. The van der Waals surface area contributed by atoms with Gasteiger partial charge in [0.2, 0.25) is 5.76 Å². The van der Waals surface area contributed by atoms with E-state index in [1.165, 1.54) is 6.07 Å². The number of rotatable bonds is 1. The molecule has 2 aromatic rings. The molecule has 0 aliphatic heterocycles. The van der Waals surface area contributed by atoms with Gasteiger partial charge in [0.1, 0.15) is 5.58 Å². The van der Waals surface area contributed by atoms with Crippen LogP contribution in [0, 0.1) is 0 Å². The quantitative estimate of drug-likeness (QED) is 0.872.